The summed E-state index contributed by atoms with van der Waals surface area (Å²) >= 11 is 8.09. The minimum Gasteiger partial charge on any atom is -0.382 e. The normalized spacial score (nSPS) is 19.7. The molecule has 2 saturated heterocycles. The van der Waals surface area contributed by atoms with Gasteiger partial charge in [-0.3, -0.25) is 9.59 Å². The van der Waals surface area contributed by atoms with Gasteiger partial charge < -0.3 is 15.4 Å². The number of carbonyl (C=O) groups excluding carboxylic acids is 1. The van der Waals surface area contributed by atoms with Crippen LogP contribution in [-0.4, -0.2) is 59.9 Å². The Morgan fingerprint density at radius 3 is 2.79 bits per heavy atom. The summed E-state index contributed by atoms with van der Waals surface area (Å²) < 4.78 is 9.34. The second-order valence-electron chi connectivity index (χ2n) is 8.90. The van der Waals surface area contributed by atoms with Crippen LogP contribution in [0.25, 0.3) is 0 Å². The van der Waals surface area contributed by atoms with Crippen LogP contribution in [0.3, 0.4) is 0 Å². The molecular weight excluding hydrogens is 474 g/mol. The molecule has 2 fully saturated rings. The van der Waals surface area contributed by atoms with Crippen LogP contribution in [0.5, 0.6) is 0 Å². The third-order valence-corrected chi connectivity index (χ3v) is 8.08. The van der Waals surface area contributed by atoms with Gasteiger partial charge in [-0.05, 0) is 68.2 Å². The maximum Gasteiger partial charge on any atom is 0.287 e. The van der Waals surface area contributed by atoms with Crippen LogP contribution in [-0.2, 0) is 4.74 Å². The molecule has 10 heteroatoms. The molecule has 1 unspecified atom stereocenters. The van der Waals surface area contributed by atoms with E-state index in [1.165, 1.54) is 4.68 Å². The van der Waals surface area contributed by atoms with E-state index in [0.29, 0.717) is 17.2 Å². The van der Waals surface area contributed by atoms with Crippen molar-refractivity contribution in [3.05, 3.63) is 50.9 Å². The highest BCUT2D eigenvalue weighted by molar-refractivity contribution is 7.97. The lowest BCUT2D eigenvalue weighted by molar-refractivity contribution is 0.0595. The molecule has 0 saturated carbocycles. The summed E-state index contributed by atoms with van der Waals surface area (Å²) in [5.74, 6) is 0.336. The number of hydrogen-bond donors (Lipinski definition) is 2. The van der Waals surface area contributed by atoms with Crippen LogP contribution in [0, 0.1) is 12.8 Å². The highest BCUT2D eigenvalue weighted by atomic mass is 35.5. The van der Waals surface area contributed by atoms with E-state index in [1.54, 1.807) is 25.2 Å². The molecule has 2 N–H and O–H groups in total. The molecular formula is C24H32ClN5O3S. The SMILES string of the molecule is CNC(=O)c1ccc(C)c(SN2CCC(n3ncc(NCC4CCCOC4)c(Cl)c3=O)CC2)c1. The van der Waals surface area contributed by atoms with E-state index in [-0.39, 0.29) is 22.5 Å². The van der Waals surface area contributed by atoms with Crippen molar-refractivity contribution in [3.8, 4) is 0 Å². The van der Waals surface area contributed by atoms with E-state index in [2.05, 4.69) is 20.0 Å². The summed E-state index contributed by atoms with van der Waals surface area (Å²) in [7, 11) is 1.64. The molecule has 3 heterocycles. The number of anilines is 1. The van der Waals surface area contributed by atoms with Gasteiger partial charge >= 0.3 is 0 Å². The molecule has 1 amide bonds. The average Bonchev–Trinajstić information content (AvgIpc) is 2.87. The van der Waals surface area contributed by atoms with Crippen LogP contribution in [0.4, 0.5) is 5.69 Å². The Labute approximate surface area is 209 Å². The molecule has 2 aromatic rings. The Bertz CT molecular complexity index is 1070. The number of piperidine rings is 1. The van der Waals surface area contributed by atoms with E-state index >= 15 is 0 Å². The Morgan fingerprint density at radius 1 is 1.29 bits per heavy atom. The molecule has 0 radical (unpaired) electrons. The molecule has 8 nitrogen and oxygen atoms in total. The first-order valence-corrected chi connectivity index (χ1v) is 13.0. The molecule has 0 bridgehead atoms. The van der Waals surface area contributed by atoms with Crippen LogP contribution in [0.15, 0.2) is 34.1 Å². The second kappa shape index (κ2) is 11.6. The number of hydrogen-bond acceptors (Lipinski definition) is 7. The van der Waals surface area contributed by atoms with Gasteiger partial charge in [0.05, 0.1) is 24.5 Å². The predicted molar refractivity (Wildman–Crippen MR) is 136 cm³/mol. The van der Waals surface area contributed by atoms with Gasteiger partial charge in [0.2, 0.25) is 0 Å². The highest BCUT2D eigenvalue weighted by Crippen LogP contribution is 2.32. The van der Waals surface area contributed by atoms with Gasteiger partial charge in [-0.15, -0.1) is 0 Å². The summed E-state index contributed by atoms with van der Waals surface area (Å²) in [6, 6.07) is 5.76. The number of carbonyl (C=O) groups is 1. The molecule has 0 aliphatic carbocycles. The van der Waals surface area contributed by atoms with E-state index in [0.717, 1.165) is 69.0 Å². The fraction of sp³-hybridized carbons (Fsp3) is 0.542. The monoisotopic (exact) mass is 505 g/mol. The van der Waals surface area contributed by atoms with Crippen molar-refractivity contribution in [1.29, 1.82) is 0 Å². The number of nitrogens with one attached hydrogen (secondary N) is 2. The highest BCUT2D eigenvalue weighted by Gasteiger charge is 2.25. The summed E-state index contributed by atoms with van der Waals surface area (Å²) in [4.78, 5) is 26.0. The van der Waals surface area contributed by atoms with Crippen LogP contribution >= 0.6 is 23.5 Å². The first kappa shape index (κ1) is 25.0. The first-order chi connectivity index (χ1) is 16.5. The molecule has 1 aromatic heterocycles. The summed E-state index contributed by atoms with van der Waals surface area (Å²) in [6.45, 7) is 5.96. The third-order valence-electron chi connectivity index (χ3n) is 6.45. The Hall–Kier alpha value is -2.07. The van der Waals surface area contributed by atoms with Gasteiger partial charge in [-0.25, -0.2) is 8.99 Å². The largest absolute Gasteiger partial charge is 0.382 e. The Kier molecular flexibility index (Phi) is 8.52. The minimum atomic E-state index is -0.244. The van der Waals surface area contributed by atoms with Gasteiger partial charge in [0.15, 0.2) is 0 Å². The number of halogens is 1. The molecule has 4 rings (SSSR count). The van der Waals surface area contributed by atoms with Crippen LogP contribution < -0.4 is 16.2 Å². The Balaban J connectivity index is 1.35. The van der Waals surface area contributed by atoms with Crippen molar-refractivity contribution in [2.45, 2.75) is 43.5 Å². The van der Waals surface area contributed by atoms with Crippen molar-refractivity contribution < 1.29 is 9.53 Å². The standard InChI is InChI=1S/C24H32ClN5O3S/c1-16-5-6-18(23(31)26-2)12-21(16)34-29-9-7-19(8-10-29)30-24(32)22(25)20(14-28-30)27-13-17-4-3-11-33-15-17/h5-6,12,14,17,19,27H,3-4,7-11,13,15H2,1-2H3,(H,26,31). The summed E-state index contributed by atoms with van der Waals surface area (Å²) in [6.07, 6.45) is 5.45. The number of benzene rings is 1. The number of ether oxygens (including phenoxy) is 1. The lowest BCUT2D eigenvalue weighted by atomic mass is 10.0. The van der Waals surface area contributed by atoms with Crippen molar-refractivity contribution in [1.82, 2.24) is 19.4 Å². The zero-order chi connectivity index (χ0) is 24.1. The number of rotatable bonds is 7. The molecule has 1 atom stereocenters. The Morgan fingerprint density at radius 2 is 2.09 bits per heavy atom. The molecule has 184 valence electrons. The van der Waals surface area contributed by atoms with Crippen LogP contribution in [0.2, 0.25) is 5.02 Å². The van der Waals surface area contributed by atoms with Gasteiger partial charge in [0.1, 0.15) is 5.02 Å². The molecule has 0 spiro atoms. The quantitative estimate of drug-likeness (QED) is 0.554. The topological polar surface area (TPSA) is 88.5 Å². The fourth-order valence-corrected chi connectivity index (χ4v) is 5.62. The van der Waals surface area contributed by atoms with Gasteiger partial charge in [0.25, 0.3) is 11.5 Å². The minimum absolute atomic E-state index is 0.0148. The smallest absolute Gasteiger partial charge is 0.287 e. The predicted octanol–water partition coefficient (Wildman–Crippen LogP) is 3.75. The molecule has 2 aliphatic heterocycles. The van der Waals surface area contributed by atoms with Gasteiger partial charge in [-0.1, -0.05) is 17.7 Å². The molecule has 1 aromatic carbocycles. The first-order valence-electron chi connectivity index (χ1n) is 11.8. The van der Waals surface area contributed by atoms with Crippen molar-refractivity contribution in [2.24, 2.45) is 5.92 Å². The van der Waals surface area contributed by atoms with Crippen molar-refractivity contribution in [3.63, 3.8) is 0 Å². The number of aryl methyl sites for hydroxylation is 1. The van der Waals surface area contributed by atoms with Crippen LogP contribution in [0.1, 0.15) is 47.6 Å². The maximum absolute atomic E-state index is 12.9. The average molecular weight is 506 g/mol. The van der Waals surface area contributed by atoms with Crippen molar-refractivity contribution in [2.75, 3.05) is 45.2 Å². The molecule has 34 heavy (non-hydrogen) atoms. The second-order valence-corrected chi connectivity index (χ2v) is 10.4. The number of nitrogens with zero attached hydrogens (tertiary/aromatic N) is 3. The zero-order valence-electron chi connectivity index (χ0n) is 19.7. The summed E-state index contributed by atoms with van der Waals surface area (Å²) in [5, 5.41) is 10.6. The summed E-state index contributed by atoms with van der Waals surface area (Å²) in [5.41, 5.74) is 2.13. The zero-order valence-corrected chi connectivity index (χ0v) is 21.3. The van der Waals surface area contributed by atoms with E-state index < -0.39 is 0 Å². The maximum atomic E-state index is 12.9. The van der Waals surface area contributed by atoms with Gasteiger partial charge in [-0.2, -0.15) is 5.10 Å². The lowest BCUT2D eigenvalue weighted by Crippen LogP contribution is -2.36. The van der Waals surface area contributed by atoms with Gasteiger partial charge in [0, 0.05) is 43.7 Å². The molecule has 2 aliphatic rings. The van der Waals surface area contributed by atoms with E-state index in [1.807, 2.05) is 25.1 Å². The lowest BCUT2D eigenvalue weighted by Gasteiger charge is -2.31. The number of aromatic nitrogens is 2. The number of amides is 1. The third kappa shape index (κ3) is 5.94. The fourth-order valence-electron chi connectivity index (χ4n) is 4.35. The van der Waals surface area contributed by atoms with E-state index in [4.69, 9.17) is 16.3 Å². The van der Waals surface area contributed by atoms with Crippen molar-refractivity contribution >= 4 is 35.1 Å². The van der Waals surface area contributed by atoms with E-state index in [9.17, 15) is 9.59 Å².